The van der Waals surface area contributed by atoms with Gasteiger partial charge < -0.3 is 28.7 Å². The van der Waals surface area contributed by atoms with Crippen LogP contribution < -0.4 is 9.64 Å². The summed E-state index contributed by atoms with van der Waals surface area (Å²) in [7, 11) is -0.903. The predicted octanol–water partition coefficient (Wildman–Crippen LogP) is 7.88. The van der Waals surface area contributed by atoms with E-state index >= 15 is 0 Å². The molecule has 0 unspecified atom stereocenters. The second-order valence-electron chi connectivity index (χ2n) is 17.1. The lowest BCUT2D eigenvalue weighted by Crippen LogP contribution is -2.48. The van der Waals surface area contributed by atoms with Crippen molar-refractivity contribution in [2.45, 2.75) is 121 Å². The van der Waals surface area contributed by atoms with Crippen LogP contribution >= 0.6 is 0 Å². The van der Waals surface area contributed by atoms with Gasteiger partial charge in [-0.3, -0.25) is 0 Å². The van der Waals surface area contributed by atoms with E-state index < -0.39 is 21.7 Å². The van der Waals surface area contributed by atoms with Crippen molar-refractivity contribution < 1.29 is 23.7 Å². The molecule has 3 atom stereocenters. The molecule has 0 aromatic carbocycles. The van der Waals surface area contributed by atoms with E-state index in [2.05, 4.69) is 55.2 Å². The number of carbonyl (C=O) groups is 1. The topological polar surface area (TPSA) is 104 Å². The molecular formula is C36H58N6O5Si2. The average molecular weight is 711 g/mol. The predicted molar refractivity (Wildman–Crippen MR) is 200 cm³/mol. The molecule has 13 heteroatoms. The summed E-state index contributed by atoms with van der Waals surface area (Å²) in [5.74, 6) is 1.60. The molecule has 0 saturated carbocycles. The summed E-state index contributed by atoms with van der Waals surface area (Å²) in [6.45, 7) is 22.2. The van der Waals surface area contributed by atoms with E-state index in [1.165, 1.54) is 0 Å². The van der Waals surface area contributed by atoms with Crippen molar-refractivity contribution in [2.75, 3.05) is 38.7 Å². The van der Waals surface area contributed by atoms with Gasteiger partial charge in [0.05, 0.1) is 13.3 Å². The fourth-order valence-corrected chi connectivity index (χ4v) is 8.11. The molecule has 2 aliphatic heterocycles. The molecule has 0 radical (unpaired) electrons. The molecule has 0 aliphatic carbocycles. The fourth-order valence-electron chi connectivity index (χ4n) is 6.60. The van der Waals surface area contributed by atoms with Gasteiger partial charge in [0.2, 0.25) is 5.88 Å². The Morgan fingerprint density at radius 1 is 0.959 bits per heavy atom. The van der Waals surface area contributed by atoms with Crippen LogP contribution in [0, 0.1) is 0 Å². The molecule has 0 spiro atoms. The number of nitrogens with zero attached hydrogens (tertiary/aromatic N) is 6. The third kappa shape index (κ3) is 9.83. The van der Waals surface area contributed by atoms with Crippen molar-refractivity contribution >= 4 is 33.7 Å². The summed E-state index contributed by atoms with van der Waals surface area (Å²) >= 11 is 0. The number of anilines is 1. The normalized spacial score (nSPS) is 19.8. The highest BCUT2D eigenvalue weighted by atomic mass is 28.3. The lowest BCUT2D eigenvalue weighted by Gasteiger charge is -2.39. The first-order valence-electron chi connectivity index (χ1n) is 17.8. The van der Waals surface area contributed by atoms with Crippen LogP contribution in [0.4, 0.5) is 10.6 Å². The number of hydrogen-bond donors (Lipinski definition) is 0. The average Bonchev–Trinajstić information content (AvgIpc) is 3.56. The second-order valence-corrected chi connectivity index (χ2v) is 28.3. The molecule has 3 aromatic heterocycles. The quantitative estimate of drug-likeness (QED) is 0.0939. The van der Waals surface area contributed by atoms with Gasteiger partial charge >= 0.3 is 6.09 Å². The number of methoxy groups -OCH3 is 1. The highest BCUT2D eigenvalue weighted by Crippen LogP contribution is 2.44. The number of hydrogen-bond acceptors (Lipinski definition) is 9. The molecule has 5 heterocycles. The number of fused-ring (bicyclic) bond motifs is 3. The van der Waals surface area contributed by atoms with Crippen LogP contribution in [0.1, 0.15) is 58.1 Å². The molecule has 1 amide bonds. The van der Waals surface area contributed by atoms with Gasteiger partial charge in [0, 0.05) is 77.0 Å². The van der Waals surface area contributed by atoms with Crippen LogP contribution in [0.25, 0.3) is 16.8 Å². The van der Waals surface area contributed by atoms with Crippen molar-refractivity contribution in [3.63, 3.8) is 0 Å². The van der Waals surface area contributed by atoms with Crippen LogP contribution in [-0.4, -0.2) is 98.2 Å². The number of rotatable bonds is 14. The van der Waals surface area contributed by atoms with Gasteiger partial charge in [-0.05, 0) is 70.2 Å². The number of piperidine rings is 1. The molecule has 3 aromatic rings. The molecule has 2 fully saturated rings. The van der Waals surface area contributed by atoms with Crippen LogP contribution in [0.5, 0.6) is 5.88 Å². The van der Waals surface area contributed by atoms with Gasteiger partial charge in [-0.1, -0.05) is 39.3 Å². The summed E-state index contributed by atoms with van der Waals surface area (Å²) in [5, 5.41) is 4.89. The molecule has 11 nitrogen and oxygen atoms in total. The number of amides is 1. The zero-order valence-electron chi connectivity index (χ0n) is 31.4. The number of aromatic nitrogens is 4. The first kappa shape index (κ1) is 37.3. The Morgan fingerprint density at radius 3 is 2.12 bits per heavy atom. The van der Waals surface area contributed by atoms with E-state index in [0.717, 1.165) is 66.1 Å². The van der Waals surface area contributed by atoms with Crippen molar-refractivity contribution in [3.8, 4) is 17.0 Å². The van der Waals surface area contributed by atoms with E-state index in [1.54, 1.807) is 13.3 Å². The third-order valence-electron chi connectivity index (χ3n) is 9.29. The SMILES string of the molecule is COc1cc(-c2cnn3c(N(COCC[Si](C)(C)C)COCC[Si](C)(C)C)cc([C@@H]4C[C@H]5CC[C@@H](C4)N5C(=O)OC(C)(C)C)nc23)ccn1. The maximum Gasteiger partial charge on any atom is 0.410 e. The molecule has 2 bridgehead atoms. The van der Waals surface area contributed by atoms with Crippen molar-refractivity contribution in [3.05, 3.63) is 36.3 Å². The van der Waals surface area contributed by atoms with Gasteiger partial charge in [0.25, 0.3) is 0 Å². The molecule has 49 heavy (non-hydrogen) atoms. The minimum Gasteiger partial charge on any atom is -0.481 e. The van der Waals surface area contributed by atoms with Gasteiger partial charge in [-0.25, -0.2) is 14.8 Å². The molecular weight excluding hydrogens is 653 g/mol. The van der Waals surface area contributed by atoms with Crippen LogP contribution in [0.2, 0.25) is 51.4 Å². The number of pyridine rings is 1. The Kier molecular flexibility index (Phi) is 11.5. The lowest BCUT2D eigenvalue weighted by molar-refractivity contribution is 0.00569. The zero-order valence-corrected chi connectivity index (χ0v) is 33.4. The minimum atomic E-state index is -1.26. The van der Waals surface area contributed by atoms with Gasteiger partial charge in [-0.15, -0.1) is 0 Å². The van der Waals surface area contributed by atoms with E-state index in [1.807, 2.05) is 48.5 Å². The van der Waals surface area contributed by atoms with Crippen molar-refractivity contribution in [2.24, 2.45) is 0 Å². The van der Waals surface area contributed by atoms with Crippen molar-refractivity contribution in [1.29, 1.82) is 0 Å². The summed E-state index contributed by atoms with van der Waals surface area (Å²) in [6, 6.07) is 8.48. The van der Waals surface area contributed by atoms with Crippen molar-refractivity contribution in [1.82, 2.24) is 24.5 Å². The Labute approximate surface area is 294 Å². The maximum atomic E-state index is 13.3. The van der Waals surface area contributed by atoms with Crippen LogP contribution in [0.3, 0.4) is 0 Å². The van der Waals surface area contributed by atoms with E-state index in [9.17, 15) is 4.79 Å². The number of carbonyl (C=O) groups excluding carboxylic acids is 1. The Morgan fingerprint density at radius 2 is 1.57 bits per heavy atom. The summed E-state index contributed by atoms with van der Waals surface area (Å²) in [5.41, 5.74) is 3.07. The molecule has 0 N–H and O–H groups in total. The standard InChI is InChI=1S/C36H58N6O5Si2/c1-36(2,3)47-35(43)41-28-11-12-29(41)20-27(19-28)31-22-33(40(24-45-15-17-48(5,6)7)25-46-16-18-49(8,9)10)42-34(39-31)30(23-38-42)26-13-14-37-32(21-26)44-4/h13-14,21-23,27-29H,11-12,15-20,24-25H2,1-10H3/t27-,28-,29+. The highest BCUT2D eigenvalue weighted by Gasteiger charge is 2.45. The van der Waals surface area contributed by atoms with Gasteiger partial charge in [0.1, 0.15) is 24.9 Å². The third-order valence-corrected chi connectivity index (χ3v) is 12.7. The van der Waals surface area contributed by atoms with Gasteiger partial charge in [0.15, 0.2) is 5.65 Å². The van der Waals surface area contributed by atoms with E-state index in [4.69, 9.17) is 29.0 Å². The summed E-state index contributed by atoms with van der Waals surface area (Å²) in [6.07, 6.45) is 7.05. The maximum absolute atomic E-state index is 13.3. The molecule has 5 rings (SSSR count). The largest absolute Gasteiger partial charge is 0.481 e. The summed E-state index contributed by atoms with van der Waals surface area (Å²) in [4.78, 5) is 27.1. The minimum absolute atomic E-state index is 0.125. The Balaban J connectivity index is 1.52. The molecule has 270 valence electrons. The fraction of sp³-hybridized carbons (Fsp3) is 0.667. The zero-order chi connectivity index (χ0) is 35.6. The first-order valence-corrected chi connectivity index (χ1v) is 25.2. The van der Waals surface area contributed by atoms with E-state index in [0.29, 0.717) is 32.6 Å². The second kappa shape index (κ2) is 15.1. The van der Waals surface area contributed by atoms with Crippen LogP contribution in [0.15, 0.2) is 30.6 Å². The van der Waals surface area contributed by atoms with E-state index in [-0.39, 0.29) is 24.1 Å². The monoisotopic (exact) mass is 710 g/mol. The lowest BCUT2D eigenvalue weighted by atomic mass is 9.88. The van der Waals surface area contributed by atoms with Crippen LogP contribution in [-0.2, 0) is 14.2 Å². The van der Waals surface area contributed by atoms with Gasteiger partial charge in [-0.2, -0.15) is 9.61 Å². The summed E-state index contributed by atoms with van der Waals surface area (Å²) < 4.78 is 25.9. The number of ether oxygens (including phenoxy) is 4. The molecule has 2 aliphatic rings. The first-order chi connectivity index (χ1) is 23.0. The highest BCUT2D eigenvalue weighted by molar-refractivity contribution is 6.76. The Bertz CT molecular complexity index is 1540. The molecule has 2 saturated heterocycles. The smallest absolute Gasteiger partial charge is 0.410 e. The Hall–Kier alpha value is -3.01.